The minimum atomic E-state index is -0.0953. The number of nitrogens with zero attached hydrogens (tertiary/aromatic N) is 1. The van der Waals surface area contributed by atoms with Gasteiger partial charge in [0.15, 0.2) is 0 Å². The number of aryl methyl sites for hydroxylation is 1. The summed E-state index contributed by atoms with van der Waals surface area (Å²) in [5.41, 5.74) is 3.04. The SMILES string of the molecule is CCc1ccc(NC(=O)N2CCSC2c2ccc(OC)cc2OC)cc1. The summed E-state index contributed by atoms with van der Waals surface area (Å²) >= 11 is 1.74. The number of thioether (sulfide) groups is 1. The predicted molar refractivity (Wildman–Crippen MR) is 106 cm³/mol. The molecule has 1 atom stereocenters. The zero-order valence-corrected chi connectivity index (χ0v) is 16.1. The summed E-state index contributed by atoms with van der Waals surface area (Å²) < 4.78 is 10.8. The van der Waals surface area contributed by atoms with Crippen molar-refractivity contribution in [3.05, 3.63) is 53.6 Å². The van der Waals surface area contributed by atoms with Gasteiger partial charge in [-0.1, -0.05) is 19.1 Å². The fourth-order valence-corrected chi connectivity index (χ4v) is 4.26. The zero-order chi connectivity index (χ0) is 18.5. The Labute approximate surface area is 158 Å². The Hall–Kier alpha value is -2.34. The van der Waals surface area contributed by atoms with E-state index in [2.05, 4.69) is 12.2 Å². The number of methoxy groups -OCH3 is 2. The van der Waals surface area contributed by atoms with Gasteiger partial charge < -0.3 is 19.7 Å². The molecule has 1 aliphatic rings. The predicted octanol–water partition coefficient (Wildman–Crippen LogP) is 4.55. The Bertz CT molecular complexity index is 764. The van der Waals surface area contributed by atoms with Crippen molar-refractivity contribution >= 4 is 23.5 Å². The van der Waals surface area contributed by atoms with Crippen molar-refractivity contribution < 1.29 is 14.3 Å². The van der Waals surface area contributed by atoms with Crippen LogP contribution >= 0.6 is 11.8 Å². The van der Waals surface area contributed by atoms with Crippen molar-refractivity contribution in [3.63, 3.8) is 0 Å². The van der Waals surface area contributed by atoms with Gasteiger partial charge in [0.05, 0.1) is 14.2 Å². The van der Waals surface area contributed by atoms with Crippen LogP contribution in [-0.2, 0) is 6.42 Å². The normalized spacial score (nSPS) is 16.4. The van der Waals surface area contributed by atoms with Gasteiger partial charge in [0.2, 0.25) is 0 Å². The maximum absolute atomic E-state index is 12.8. The molecule has 138 valence electrons. The standard InChI is InChI=1S/C20H24N2O3S/c1-4-14-5-7-15(8-6-14)21-20(23)22-11-12-26-19(22)17-10-9-16(24-2)13-18(17)25-3/h5-10,13,19H,4,11-12H2,1-3H3,(H,21,23). The summed E-state index contributed by atoms with van der Waals surface area (Å²) in [6.45, 7) is 2.81. The van der Waals surface area contributed by atoms with Crippen LogP contribution < -0.4 is 14.8 Å². The number of amides is 2. The quantitative estimate of drug-likeness (QED) is 0.837. The van der Waals surface area contributed by atoms with Crippen molar-refractivity contribution in [2.75, 3.05) is 31.8 Å². The molecular formula is C20H24N2O3S. The highest BCUT2D eigenvalue weighted by Crippen LogP contribution is 2.43. The number of rotatable bonds is 5. The van der Waals surface area contributed by atoms with Crippen LogP contribution in [0.5, 0.6) is 11.5 Å². The highest BCUT2D eigenvalue weighted by Gasteiger charge is 2.32. The van der Waals surface area contributed by atoms with Crippen molar-refractivity contribution in [2.45, 2.75) is 18.7 Å². The van der Waals surface area contributed by atoms with Gasteiger partial charge in [-0.3, -0.25) is 0 Å². The van der Waals surface area contributed by atoms with Gasteiger partial charge >= 0.3 is 6.03 Å². The number of carbonyl (C=O) groups is 1. The summed E-state index contributed by atoms with van der Waals surface area (Å²) in [6, 6.07) is 13.6. The summed E-state index contributed by atoms with van der Waals surface area (Å²) in [5.74, 6) is 2.36. The Morgan fingerprint density at radius 2 is 1.96 bits per heavy atom. The van der Waals surface area contributed by atoms with Crippen molar-refractivity contribution in [2.24, 2.45) is 0 Å². The average Bonchev–Trinajstić information content (AvgIpc) is 3.17. The largest absolute Gasteiger partial charge is 0.497 e. The molecule has 5 nitrogen and oxygen atoms in total. The average molecular weight is 372 g/mol. The van der Waals surface area contributed by atoms with Crippen LogP contribution in [0, 0.1) is 0 Å². The molecule has 0 aromatic heterocycles. The molecule has 0 spiro atoms. The van der Waals surface area contributed by atoms with E-state index in [1.807, 2.05) is 47.4 Å². The van der Waals surface area contributed by atoms with E-state index in [0.29, 0.717) is 6.54 Å². The van der Waals surface area contributed by atoms with Crippen LogP contribution in [-0.4, -0.2) is 37.4 Å². The van der Waals surface area contributed by atoms with Gasteiger partial charge in [0, 0.05) is 29.6 Å². The van der Waals surface area contributed by atoms with E-state index < -0.39 is 0 Å². The second-order valence-electron chi connectivity index (χ2n) is 6.01. The lowest BCUT2D eigenvalue weighted by atomic mass is 10.1. The lowest BCUT2D eigenvalue weighted by Gasteiger charge is -2.26. The Kier molecular flexibility index (Phi) is 5.93. The van der Waals surface area contributed by atoms with Gasteiger partial charge in [0.25, 0.3) is 0 Å². The molecule has 0 radical (unpaired) electrons. The number of hydrogen-bond donors (Lipinski definition) is 1. The fraction of sp³-hybridized carbons (Fsp3) is 0.350. The number of carbonyl (C=O) groups excluding carboxylic acids is 1. The number of hydrogen-bond acceptors (Lipinski definition) is 4. The van der Waals surface area contributed by atoms with Crippen LogP contribution in [0.4, 0.5) is 10.5 Å². The van der Waals surface area contributed by atoms with Crippen LogP contribution in [0.1, 0.15) is 23.4 Å². The molecule has 1 aliphatic heterocycles. The Morgan fingerprint density at radius 1 is 1.19 bits per heavy atom. The van der Waals surface area contributed by atoms with Crippen molar-refractivity contribution in [3.8, 4) is 11.5 Å². The molecule has 0 aliphatic carbocycles. The lowest BCUT2D eigenvalue weighted by molar-refractivity contribution is 0.213. The molecule has 1 unspecified atom stereocenters. The summed E-state index contributed by atoms with van der Waals surface area (Å²) in [6.07, 6.45) is 0.982. The van der Waals surface area contributed by atoms with Gasteiger partial charge in [-0.15, -0.1) is 11.8 Å². The number of nitrogens with one attached hydrogen (secondary N) is 1. The number of anilines is 1. The molecule has 0 bridgehead atoms. The van der Waals surface area contributed by atoms with Crippen molar-refractivity contribution in [1.29, 1.82) is 0 Å². The Morgan fingerprint density at radius 3 is 2.62 bits per heavy atom. The highest BCUT2D eigenvalue weighted by molar-refractivity contribution is 7.99. The third-order valence-corrected chi connectivity index (χ3v) is 5.71. The molecule has 2 amide bonds. The molecule has 1 N–H and O–H groups in total. The monoisotopic (exact) mass is 372 g/mol. The van der Waals surface area contributed by atoms with Crippen LogP contribution in [0.25, 0.3) is 0 Å². The first kappa shape index (κ1) is 18.5. The topological polar surface area (TPSA) is 50.8 Å². The van der Waals surface area contributed by atoms with Crippen LogP contribution in [0.3, 0.4) is 0 Å². The van der Waals surface area contributed by atoms with E-state index in [9.17, 15) is 4.79 Å². The summed E-state index contributed by atoms with van der Waals surface area (Å²) in [7, 11) is 3.26. The summed E-state index contributed by atoms with van der Waals surface area (Å²) in [4.78, 5) is 14.7. The molecule has 1 fully saturated rings. The summed E-state index contributed by atoms with van der Waals surface area (Å²) in [5, 5.41) is 2.93. The molecule has 26 heavy (non-hydrogen) atoms. The first-order chi connectivity index (χ1) is 12.7. The van der Waals surface area contributed by atoms with Crippen LogP contribution in [0.15, 0.2) is 42.5 Å². The molecule has 2 aromatic carbocycles. The van der Waals surface area contributed by atoms with Gasteiger partial charge in [0.1, 0.15) is 16.9 Å². The third-order valence-electron chi connectivity index (χ3n) is 4.47. The molecule has 6 heteroatoms. The second kappa shape index (κ2) is 8.36. The fourth-order valence-electron chi connectivity index (χ4n) is 2.98. The minimum Gasteiger partial charge on any atom is -0.497 e. The van der Waals surface area contributed by atoms with E-state index in [1.165, 1.54) is 5.56 Å². The van der Waals surface area contributed by atoms with Gasteiger partial charge in [-0.25, -0.2) is 4.79 Å². The molecule has 2 aromatic rings. The number of ether oxygens (including phenoxy) is 2. The molecule has 0 saturated carbocycles. The smallest absolute Gasteiger partial charge is 0.323 e. The maximum Gasteiger partial charge on any atom is 0.323 e. The molecular weight excluding hydrogens is 348 g/mol. The third kappa shape index (κ3) is 3.90. The number of urea groups is 1. The first-order valence-electron chi connectivity index (χ1n) is 8.66. The molecule has 1 saturated heterocycles. The minimum absolute atomic E-state index is 0.0780. The first-order valence-corrected chi connectivity index (χ1v) is 9.71. The van der Waals surface area contributed by atoms with Gasteiger partial charge in [-0.05, 0) is 36.2 Å². The zero-order valence-electron chi connectivity index (χ0n) is 15.3. The van der Waals surface area contributed by atoms with Crippen LogP contribution in [0.2, 0.25) is 0 Å². The van der Waals surface area contributed by atoms with Crippen molar-refractivity contribution in [1.82, 2.24) is 4.90 Å². The van der Waals surface area contributed by atoms with Gasteiger partial charge in [-0.2, -0.15) is 0 Å². The van der Waals surface area contributed by atoms with E-state index >= 15 is 0 Å². The van der Waals surface area contributed by atoms with E-state index in [-0.39, 0.29) is 11.4 Å². The van der Waals surface area contributed by atoms with E-state index in [0.717, 1.165) is 34.9 Å². The maximum atomic E-state index is 12.8. The second-order valence-corrected chi connectivity index (χ2v) is 7.19. The highest BCUT2D eigenvalue weighted by atomic mass is 32.2. The molecule has 1 heterocycles. The molecule has 3 rings (SSSR count). The van der Waals surface area contributed by atoms with E-state index in [4.69, 9.17) is 9.47 Å². The Balaban J connectivity index is 1.78. The number of benzene rings is 2. The lowest BCUT2D eigenvalue weighted by Crippen LogP contribution is -2.34. The van der Waals surface area contributed by atoms with E-state index in [1.54, 1.807) is 26.0 Å².